The maximum Gasteiger partial charge on any atom is 0.308 e. The second kappa shape index (κ2) is 5.82. The number of carboxylic acid groups (broad SMARTS) is 1. The van der Waals surface area contributed by atoms with Crippen LogP contribution in [0.15, 0.2) is 24.3 Å². The number of amides is 1. The lowest BCUT2D eigenvalue weighted by Gasteiger charge is -2.30. The van der Waals surface area contributed by atoms with Gasteiger partial charge in [-0.1, -0.05) is 12.1 Å². The highest BCUT2D eigenvalue weighted by atomic mass is 19.1. The van der Waals surface area contributed by atoms with Crippen molar-refractivity contribution in [1.29, 1.82) is 0 Å². The van der Waals surface area contributed by atoms with Crippen LogP contribution in [0.4, 0.5) is 4.39 Å². The second-order valence-corrected chi connectivity index (χ2v) is 4.82. The molecule has 0 aromatic heterocycles. The van der Waals surface area contributed by atoms with Crippen molar-refractivity contribution in [2.24, 2.45) is 5.92 Å². The van der Waals surface area contributed by atoms with Gasteiger partial charge in [0.05, 0.1) is 12.3 Å². The van der Waals surface area contributed by atoms with Crippen molar-refractivity contribution in [2.75, 3.05) is 13.1 Å². The number of carbonyl (C=O) groups excluding carboxylic acids is 1. The number of carboxylic acids is 1. The number of rotatable bonds is 3. The lowest BCUT2D eigenvalue weighted by Crippen LogP contribution is -2.42. The molecule has 0 saturated carbocycles. The van der Waals surface area contributed by atoms with Crippen LogP contribution in [0, 0.1) is 11.7 Å². The highest BCUT2D eigenvalue weighted by Gasteiger charge is 2.27. The van der Waals surface area contributed by atoms with Gasteiger partial charge < -0.3 is 10.0 Å². The van der Waals surface area contributed by atoms with Crippen molar-refractivity contribution in [2.45, 2.75) is 19.3 Å². The number of hydrogen-bond acceptors (Lipinski definition) is 2. The molecule has 1 amide bonds. The summed E-state index contributed by atoms with van der Waals surface area (Å²) in [6, 6.07) is 5.79. The standard InChI is InChI=1S/C14H16FNO3/c15-12-5-3-10(4-6-12)8-13(17)16-7-1-2-11(9-16)14(18)19/h3-6,11H,1-2,7-9H2,(H,18,19)/t11-/m0/s1. The van der Waals surface area contributed by atoms with Gasteiger partial charge >= 0.3 is 5.97 Å². The zero-order valence-electron chi connectivity index (χ0n) is 10.5. The number of hydrogen-bond donors (Lipinski definition) is 1. The van der Waals surface area contributed by atoms with Gasteiger partial charge in [0.25, 0.3) is 0 Å². The molecule has 1 atom stereocenters. The molecular formula is C14H16FNO3. The van der Waals surface area contributed by atoms with E-state index in [0.717, 1.165) is 5.56 Å². The summed E-state index contributed by atoms with van der Waals surface area (Å²) >= 11 is 0. The molecule has 0 aliphatic carbocycles. The Labute approximate surface area is 110 Å². The summed E-state index contributed by atoms with van der Waals surface area (Å²) in [4.78, 5) is 24.6. The average Bonchev–Trinajstić information content (AvgIpc) is 2.41. The summed E-state index contributed by atoms with van der Waals surface area (Å²) in [6.45, 7) is 0.874. The minimum Gasteiger partial charge on any atom is -0.481 e. The Morgan fingerprint density at radius 1 is 1.32 bits per heavy atom. The van der Waals surface area contributed by atoms with Crippen molar-refractivity contribution in [3.63, 3.8) is 0 Å². The quantitative estimate of drug-likeness (QED) is 0.904. The molecule has 1 aromatic rings. The molecular weight excluding hydrogens is 249 g/mol. The van der Waals surface area contributed by atoms with Crippen molar-refractivity contribution < 1.29 is 19.1 Å². The van der Waals surface area contributed by atoms with Crippen LogP contribution in [0.2, 0.25) is 0 Å². The normalized spacial score (nSPS) is 19.2. The van der Waals surface area contributed by atoms with Crippen LogP contribution in [-0.2, 0) is 16.0 Å². The number of aliphatic carboxylic acids is 1. The number of piperidine rings is 1. The van der Waals surface area contributed by atoms with Gasteiger partial charge in [-0.05, 0) is 30.5 Å². The van der Waals surface area contributed by atoms with Crippen molar-refractivity contribution in [1.82, 2.24) is 4.90 Å². The summed E-state index contributed by atoms with van der Waals surface area (Å²) in [5.41, 5.74) is 0.740. The topological polar surface area (TPSA) is 57.6 Å². The molecule has 0 spiro atoms. The molecule has 5 heteroatoms. The van der Waals surface area contributed by atoms with Crippen LogP contribution in [0.25, 0.3) is 0 Å². The van der Waals surface area contributed by atoms with Gasteiger partial charge in [0.1, 0.15) is 5.82 Å². The third-order valence-corrected chi connectivity index (χ3v) is 3.39. The molecule has 1 heterocycles. The molecule has 1 N–H and O–H groups in total. The maximum atomic E-state index is 12.8. The summed E-state index contributed by atoms with van der Waals surface area (Å²) in [5.74, 6) is -1.75. The average molecular weight is 265 g/mol. The van der Waals surface area contributed by atoms with Crippen LogP contribution < -0.4 is 0 Å². The number of carbonyl (C=O) groups is 2. The van der Waals surface area contributed by atoms with E-state index in [9.17, 15) is 14.0 Å². The molecule has 0 radical (unpaired) electrons. The molecule has 102 valence electrons. The number of nitrogens with zero attached hydrogens (tertiary/aromatic N) is 1. The first-order valence-electron chi connectivity index (χ1n) is 6.31. The number of halogens is 1. The van der Waals surface area contributed by atoms with Crippen LogP contribution in [0.1, 0.15) is 18.4 Å². The lowest BCUT2D eigenvalue weighted by atomic mass is 9.97. The van der Waals surface area contributed by atoms with Gasteiger partial charge in [-0.25, -0.2) is 4.39 Å². The van der Waals surface area contributed by atoms with E-state index in [2.05, 4.69) is 0 Å². The Morgan fingerprint density at radius 3 is 2.63 bits per heavy atom. The summed E-state index contributed by atoms with van der Waals surface area (Å²) in [6.07, 6.45) is 1.52. The summed E-state index contributed by atoms with van der Waals surface area (Å²) in [7, 11) is 0. The van der Waals surface area contributed by atoms with Gasteiger partial charge in [0, 0.05) is 13.1 Å². The fourth-order valence-electron chi connectivity index (χ4n) is 2.29. The van der Waals surface area contributed by atoms with Gasteiger partial charge in [-0.2, -0.15) is 0 Å². The van der Waals surface area contributed by atoms with Gasteiger partial charge in [-0.15, -0.1) is 0 Å². The molecule has 1 aliphatic heterocycles. The molecule has 1 aromatic carbocycles. The fourth-order valence-corrected chi connectivity index (χ4v) is 2.29. The van der Waals surface area contributed by atoms with Gasteiger partial charge in [-0.3, -0.25) is 9.59 Å². The maximum absolute atomic E-state index is 12.8. The molecule has 2 rings (SSSR count). The monoisotopic (exact) mass is 265 g/mol. The van der Waals surface area contributed by atoms with Crippen LogP contribution in [0.3, 0.4) is 0 Å². The van der Waals surface area contributed by atoms with E-state index in [1.807, 2.05) is 0 Å². The Balaban J connectivity index is 1.96. The van der Waals surface area contributed by atoms with E-state index < -0.39 is 11.9 Å². The molecule has 4 nitrogen and oxygen atoms in total. The lowest BCUT2D eigenvalue weighted by molar-refractivity contribution is -0.145. The molecule has 1 saturated heterocycles. The van der Waals surface area contributed by atoms with E-state index in [1.54, 1.807) is 17.0 Å². The Hall–Kier alpha value is -1.91. The highest BCUT2D eigenvalue weighted by molar-refractivity contribution is 5.80. The first-order valence-corrected chi connectivity index (χ1v) is 6.31. The minimum atomic E-state index is -0.848. The van der Waals surface area contributed by atoms with E-state index in [4.69, 9.17) is 5.11 Å². The Kier molecular flexibility index (Phi) is 4.14. The SMILES string of the molecule is O=C(O)[C@H]1CCCN(C(=O)Cc2ccc(F)cc2)C1. The third kappa shape index (κ3) is 3.53. The number of benzene rings is 1. The largest absolute Gasteiger partial charge is 0.481 e. The first-order chi connectivity index (χ1) is 9.06. The van der Waals surface area contributed by atoms with E-state index >= 15 is 0 Å². The van der Waals surface area contributed by atoms with E-state index in [1.165, 1.54) is 12.1 Å². The van der Waals surface area contributed by atoms with Crippen LogP contribution in [-0.4, -0.2) is 35.0 Å². The predicted octanol–water partition coefficient (Wildman–Crippen LogP) is 1.69. The fraction of sp³-hybridized carbons (Fsp3) is 0.429. The molecule has 1 aliphatic rings. The molecule has 0 unspecified atom stereocenters. The van der Waals surface area contributed by atoms with Gasteiger partial charge in [0.2, 0.25) is 5.91 Å². The molecule has 1 fully saturated rings. The van der Waals surface area contributed by atoms with E-state index in [0.29, 0.717) is 19.4 Å². The Morgan fingerprint density at radius 2 is 2.00 bits per heavy atom. The van der Waals surface area contributed by atoms with Crippen molar-refractivity contribution >= 4 is 11.9 Å². The predicted molar refractivity (Wildman–Crippen MR) is 67.0 cm³/mol. The van der Waals surface area contributed by atoms with E-state index in [-0.39, 0.29) is 24.7 Å². The van der Waals surface area contributed by atoms with Crippen LogP contribution >= 0.6 is 0 Å². The smallest absolute Gasteiger partial charge is 0.308 e. The highest BCUT2D eigenvalue weighted by Crippen LogP contribution is 2.17. The zero-order valence-corrected chi connectivity index (χ0v) is 10.5. The second-order valence-electron chi connectivity index (χ2n) is 4.82. The van der Waals surface area contributed by atoms with Gasteiger partial charge in [0.15, 0.2) is 0 Å². The number of likely N-dealkylation sites (tertiary alicyclic amines) is 1. The van der Waals surface area contributed by atoms with Crippen LogP contribution in [0.5, 0.6) is 0 Å². The first kappa shape index (κ1) is 13.5. The molecule has 0 bridgehead atoms. The third-order valence-electron chi connectivity index (χ3n) is 3.39. The minimum absolute atomic E-state index is 0.0995. The summed E-state index contributed by atoms with van der Waals surface area (Å²) < 4.78 is 12.8. The Bertz CT molecular complexity index is 472. The molecule has 19 heavy (non-hydrogen) atoms. The summed E-state index contributed by atoms with van der Waals surface area (Å²) in [5, 5.41) is 8.98. The van der Waals surface area contributed by atoms with Crippen molar-refractivity contribution in [3.8, 4) is 0 Å². The zero-order chi connectivity index (χ0) is 13.8. The van der Waals surface area contributed by atoms with Crippen molar-refractivity contribution in [3.05, 3.63) is 35.6 Å².